The van der Waals surface area contributed by atoms with Crippen LogP contribution in [0.2, 0.25) is 0 Å². The van der Waals surface area contributed by atoms with Gasteiger partial charge in [-0.1, -0.05) is 12.0 Å². The zero-order chi connectivity index (χ0) is 30.1. The zero-order valence-corrected chi connectivity index (χ0v) is 22.4. The Balaban J connectivity index is 1.87. The number of alkyl halides is 6. The average molecular weight is 588 g/mol. The normalized spacial score (nSPS) is 17.4. The minimum Gasteiger partial charge on any atom is -0.481 e. The molecule has 0 radical (unpaired) electrons. The molecule has 0 bridgehead atoms. The first kappa shape index (κ1) is 29.9. The van der Waals surface area contributed by atoms with Crippen LogP contribution in [-0.4, -0.2) is 51.0 Å². The molecule has 0 aliphatic carbocycles. The van der Waals surface area contributed by atoms with Gasteiger partial charge in [0, 0.05) is 18.7 Å². The molecule has 10 nitrogen and oxygen atoms in total. The number of rotatable bonds is 7. The second-order valence-electron chi connectivity index (χ2n) is 9.63. The van der Waals surface area contributed by atoms with Crippen LogP contribution in [0.25, 0.3) is 0 Å². The lowest BCUT2D eigenvalue weighted by molar-refractivity contribution is -0.143. The van der Waals surface area contributed by atoms with Gasteiger partial charge in [0.25, 0.3) is 5.95 Å². The van der Waals surface area contributed by atoms with E-state index in [4.69, 9.17) is 9.47 Å². The second-order valence-corrected chi connectivity index (χ2v) is 9.63. The number of hydrogen-bond donors (Lipinski definition) is 1. The highest BCUT2D eigenvalue weighted by atomic mass is 19.4. The molecule has 41 heavy (non-hydrogen) atoms. The first-order valence-electron chi connectivity index (χ1n) is 12.6. The molecule has 222 valence electrons. The lowest BCUT2D eigenvalue weighted by Gasteiger charge is -2.43. The number of aromatic amines is 1. The number of anilines is 2. The van der Waals surface area contributed by atoms with Crippen molar-refractivity contribution in [2.24, 2.45) is 0 Å². The van der Waals surface area contributed by atoms with Crippen molar-refractivity contribution in [2.45, 2.75) is 70.7 Å². The van der Waals surface area contributed by atoms with E-state index in [0.717, 1.165) is 0 Å². The number of carbonyl (C=O) groups is 1. The topological polar surface area (TPSA) is 109 Å². The van der Waals surface area contributed by atoms with Gasteiger partial charge in [-0.3, -0.25) is 4.90 Å². The molecule has 3 heterocycles. The number of halogens is 6. The summed E-state index contributed by atoms with van der Waals surface area (Å²) < 4.78 is 92.3. The number of carbonyl (C=O) groups excluding carboxylic acids is 1. The van der Waals surface area contributed by atoms with Crippen LogP contribution in [0.4, 0.5) is 42.8 Å². The summed E-state index contributed by atoms with van der Waals surface area (Å²) in [6.07, 6.45) is -10.5. The van der Waals surface area contributed by atoms with Crippen LogP contribution in [0.15, 0.2) is 30.3 Å². The molecule has 16 heteroatoms. The Labute approximate surface area is 230 Å². The van der Waals surface area contributed by atoms with Crippen LogP contribution in [-0.2, 0) is 23.6 Å². The fourth-order valence-electron chi connectivity index (χ4n) is 4.72. The van der Waals surface area contributed by atoms with Crippen molar-refractivity contribution in [1.29, 1.82) is 0 Å². The molecule has 1 N–H and O–H groups in total. The SMILES string of the molecule is CC[C@@H]1C[C@H](N(Cc2cc(C(F)(F)F)cc(C(F)(F)F)c2)c2nn[nH]n2)c2nc(OC)ccc2N1C(=O)OC(C)C. The van der Waals surface area contributed by atoms with E-state index in [9.17, 15) is 31.1 Å². The summed E-state index contributed by atoms with van der Waals surface area (Å²) in [4.78, 5) is 20.5. The average Bonchev–Trinajstić information content (AvgIpc) is 3.43. The molecule has 3 aromatic rings. The highest BCUT2D eigenvalue weighted by molar-refractivity contribution is 5.90. The summed E-state index contributed by atoms with van der Waals surface area (Å²) in [5, 5.41) is 13.7. The van der Waals surface area contributed by atoms with Gasteiger partial charge in [0.1, 0.15) is 0 Å². The van der Waals surface area contributed by atoms with Crippen molar-refractivity contribution in [2.75, 3.05) is 16.9 Å². The summed E-state index contributed by atoms with van der Waals surface area (Å²) in [5.41, 5.74) is -2.59. The number of nitrogens with zero attached hydrogens (tertiary/aromatic N) is 6. The van der Waals surface area contributed by atoms with E-state index in [0.29, 0.717) is 24.2 Å². The van der Waals surface area contributed by atoms with Crippen molar-refractivity contribution in [3.63, 3.8) is 0 Å². The van der Waals surface area contributed by atoms with E-state index in [1.54, 1.807) is 19.9 Å². The number of ether oxygens (including phenoxy) is 2. The Morgan fingerprint density at radius 2 is 1.78 bits per heavy atom. The maximum Gasteiger partial charge on any atom is 0.416 e. The van der Waals surface area contributed by atoms with Crippen molar-refractivity contribution < 1.29 is 40.6 Å². The predicted octanol–water partition coefficient (Wildman–Crippen LogP) is 5.92. The number of pyridine rings is 1. The highest BCUT2D eigenvalue weighted by Crippen LogP contribution is 2.44. The fourth-order valence-corrected chi connectivity index (χ4v) is 4.72. The number of aromatic nitrogens is 5. The third-order valence-corrected chi connectivity index (χ3v) is 6.49. The number of nitrogens with one attached hydrogen (secondary N) is 1. The molecule has 0 spiro atoms. The summed E-state index contributed by atoms with van der Waals surface area (Å²) in [6, 6.07) is 3.20. The number of hydrogen-bond acceptors (Lipinski definition) is 8. The Morgan fingerprint density at radius 1 is 1.12 bits per heavy atom. The lowest BCUT2D eigenvalue weighted by Crippen LogP contribution is -2.48. The first-order valence-corrected chi connectivity index (χ1v) is 12.6. The summed E-state index contributed by atoms with van der Waals surface area (Å²) in [7, 11) is 1.38. The van der Waals surface area contributed by atoms with Gasteiger partial charge < -0.3 is 14.4 Å². The van der Waals surface area contributed by atoms with Gasteiger partial charge in [0.15, 0.2) is 0 Å². The van der Waals surface area contributed by atoms with Gasteiger partial charge in [-0.25, -0.2) is 9.78 Å². The maximum atomic E-state index is 13.6. The molecule has 1 aliphatic rings. The summed E-state index contributed by atoms with van der Waals surface area (Å²) in [6.45, 7) is 4.75. The van der Waals surface area contributed by atoms with E-state index in [-0.39, 0.29) is 35.6 Å². The standard InChI is InChI=1S/C25H27F6N7O3/c1-5-17-11-19(21-18(6-7-20(32-21)40-4)38(17)23(39)41-13(2)3)37(22-33-35-36-34-22)12-14-8-15(24(26,27)28)10-16(9-14)25(29,30)31/h6-10,13,17,19H,5,11-12H2,1-4H3,(H,33,34,35,36)/t17-,19+/m1/s1. The second kappa shape index (κ2) is 11.4. The van der Waals surface area contributed by atoms with Crippen LogP contribution >= 0.6 is 0 Å². The van der Waals surface area contributed by atoms with Crippen molar-refractivity contribution in [3.05, 3.63) is 52.7 Å². The van der Waals surface area contributed by atoms with Crippen LogP contribution < -0.4 is 14.5 Å². The van der Waals surface area contributed by atoms with Crippen LogP contribution in [0.1, 0.15) is 62.0 Å². The molecule has 2 aromatic heterocycles. The third-order valence-electron chi connectivity index (χ3n) is 6.49. The number of methoxy groups -OCH3 is 1. The predicted molar refractivity (Wildman–Crippen MR) is 133 cm³/mol. The highest BCUT2D eigenvalue weighted by Gasteiger charge is 2.42. The van der Waals surface area contributed by atoms with Gasteiger partial charge in [0.2, 0.25) is 5.88 Å². The molecule has 1 amide bonds. The first-order chi connectivity index (χ1) is 19.2. The van der Waals surface area contributed by atoms with Gasteiger partial charge in [0.05, 0.1) is 41.8 Å². The summed E-state index contributed by atoms with van der Waals surface area (Å²) >= 11 is 0. The van der Waals surface area contributed by atoms with E-state index < -0.39 is 54.3 Å². The van der Waals surface area contributed by atoms with E-state index in [1.165, 1.54) is 23.0 Å². The fraction of sp³-hybridized carbons (Fsp3) is 0.480. The van der Waals surface area contributed by atoms with Crippen LogP contribution in [0.5, 0.6) is 5.88 Å². The quantitative estimate of drug-likeness (QED) is 0.339. The third kappa shape index (κ3) is 6.46. The van der Waals surface area contributed by atoms with Gasteiger partial charge in [-0.2, -0.15) is 31.6 Å². The number of fused-ring (bicyclic) bond motifs is 1. The molecule has 2 atom stereocenters. The van der Waals surface area contributed by atoms with Gasteiger partial charge in [-0.15, -0.1) is 5.10 Å². The smallest absolute Gasteiger partial charge is 0.416 e. The molecule has 0 saturated heterocycles. The van der Waals surface area contributed by atoms with Crippen LogP contribution in [0.3, 0.4) is 0 Å². The minimum atomic E-state index is -5.02. The molecule has 0 unspecified atom stereocenters. The number of H-pyrrole nitrogens is 1. The lowest BCUT2D eigenvalue weighted by atomic mass is 9.92. The maximum absolute atomic E-state index is 13.6. The van der Waals surface area contributed by atoms with Crippen LogP contribution in [0, 0.1) is 0 Å². The molecule has 4 rings (SSSR count). The number of tetrazole rings is 1. The zero-order valence-electron chi connectivity index (χ0n) is 22.4. The van der Waals surface area contributed by atoms with E-state index >= 15 is 0 Å². The molecule has 0 fully saturated rings. The minimum absolute atomic E-state index is 0.0653. The summed E-state index contributed by atoms with van der Waals surface area (Å²) in [5.74, 6) is 0.0805. The monoisotopic (exact) mass is 587 g/mol. The number of benzene rings is 1. The molecule has 0 saturated carbocycles. The van der Waals surface area contributed by atoms with Crippen molar-refractivity contribution in [3.8, 4) is 5.88 Å². The van der Waals surface area contributed by atoms with Gasteiger partial charge >= 0.3 is 18.4 Å². The Morgan fingerprint density at radius 3 is 2.29 bits per heavy atom. The molecule has 1 aromatic carbocycles. The Hall–Kier alpha value is -4.11. The Kier molecular flexibility index (Phi) is 8.31. The molecular formula is C25H27F6N7O3. The van der Waals surface area contributed by atoms with Crippen molar-refractivity contribution in [1.82, 2.24) is 25.6 Å². The van der Waals surface area contributed by atoms with Gasteiger partial charge in [-0.05, 0) is 61.7 Å². The molecular weight excluding hydrogens is 560 g/mol. The number of amides is 1. The van der Waals surface area contributed by atoms with E-state index in [2.05, 4.69) is 25.6 Å². The van der Waals surface area contributed by atoms with Crippen molar-refractivity contribution >= 4 is 17.7 Å². The molecule has 1 aliphatic heterocycles. The largest absolute Gasteiger partial charge is 0.481 e. The van der Waals surface area contributed by atoms with E-state index in [1.807, 2.05) is 6.92 Å². The Bertz CT molecular complexity index is 1330.